The molecule has 4 rings (SSSR count). The fraction of sp³-hybridized carbons (Fsp3) is 0.423. The van der Waals surface area contributed by atoms with Crippen molar-refractivity contribution in [1.82, 2.24) is 25.1 Å². The number of aromatic nitrogens is 2. The number of piperazine rings is 1. The number of nitrogens with one attached hydrogen (secondary N) is 1. The van der Waals surface area contributed by atoms with Crippen LogP contribution in [0.1, 0.15) is 27.6 Å². The van der Waals surface area contributed by atoms with E-state index in [-0.39, 0.29) is 5.91 Å². The van der Waals surface area contributed by atoms with Gasteiger partial charge in [0.15, 0.2) is 10.9 Å². The van der Waals surface area contributed by atoms with Crippen molar-refractivity contribution >= 4 is 23.5 Å². The van der Waals surface area contributed by atoms with Crippen LogP contribution in [0.4, 0.5) is 5.82 Å². The van der Waals surface area contributed by atoms with Crippen LogP contribution in [0.2, 0.25) is 0 Å². The van der Waals surface area contributed by atoms with Crippen LogP contribution in [0.3, 0.4) is 0 Å². The minimum absolute atomic E-state index is 0.191. The summed E-state index contributed by atoms with van der Waals surface area (Å²) in [4.78, 5) is 28.5. The SMILES string of the molecule is Cc1cc(N2CCN(Cc3ccccc3)CC2)nc(SCc2ccc(C(=O)NCCN(C)C)o2)n1. The Morgan fingerprint density at radius 3 is 2.60 bits per heavy atom. The zero-order valence-electron chi connectivity index (χ0n) is 20.7. The first kappa shape index (κ1) is 25.2. The van der Waals surface area contributed by atoms with Crippen LogP contribution < -0.4 is 10.2 Å². The maximum atomic E-state index is 12.2. The molecule has 0 radical (unpaired) electrons. The van der Waals surface area contributed by atoms with Gasteiger partial charge in [-0.05, 0) is 38.7 Å². The first-order valence-corrected chi connectivity index (χ1v) is 13.0. The number of hydrogen-bond donors (Lipinski definition) is 1. The number of likely N-dealkylation sites (N-methyl/N-ethyl adjacent to an activating group) is 1. The topological polar surface area (TPSA) is 77.7 Å². The van der Waals surface area contributed by atoms with Crippen LogP contribution in [-0.2, 0) is 12.3 Å². The van der Waals surface area contributed by atoms with Gasteiger partial charge < -0.3 is 19.5 Å². The first-order chi connectivity index (χ1) is 17.0. The maximum absolute atomic E-state index is 12.2. The van der Waals surface area contributed by atoms with E-state index in [1.54, 1.807) is 6.07 Å². The molecule has 0 bridgehead atoms. The van der Waals surface area contributed by atoms with Gasteiger partial charge in [0.25, 0.3) is 5.91 Å². The molecule has 3 aromatic rings. The van der Waals surface area contributed by atoms with Gasteiger partial charge in [-0.1, -0.05) is 42.1 Å². The Hall–Kier alpha value is -2.88. The highest BCUT2D eigenvalue weighted by atomic mass is 32.2. The lowest BCUT2D eigenvalue weighted by Gasteiger charge is -2.35. The molecule has 2 aromatic heterocycles. The highest BCUT2D eigenvalue weighted by molar-refractivity contribution is 7.98. The third kappa shape index (κ3) is 7.55. The zero-order chi connectivity index (χ0) is 24.6. The molecule has 1 aromatic carbocycles. The van der Waals surface area contributed by atoms with Gasteiger partial charge in [0, 0.05) is 57.6 Å². The Labute approximate surface area is 211 Å². The lowest BCUT2D eigenvalue weighted by molar-refractivity contribution is 0.0922. The third-order valence-electron chi connectivity index (χ3n) is 5.84. The maximum Gasteiger partial charge on any atom is 0.287 e. The number of carbonyl (C=O) groups is 1. The highest BCUT2D eigenvalue weighted by Gasteiger charge is 2.19. The summed E-state index contributed by atoms with van der Waals surface area (Å²) in [5, 5.41) is 3.59. The number of carbonyl (C=O) groups excluding carboxylic acids is 1. The minimum Gasteiger partial charge on any atom is -0.455 e. The predicted octanol–water partition coefficient (Wildman–Crippen LogP) is 3.28. The molecule has 1 fully saturated rings. The number of thioether (sulfide) groups is 1. The van der Waals surface area contributed by atoms with E-state index in [4.69, 9.17) is 9.40 Å². The number of benzene rings is 1. The van der Waals surface area contributed by atoms with Crippen molar-refractivity contribution in [3.8, 4) is 0 Å². The number of anilines is 1. The molecular weight excluding hydrogens is 460 g/mol. The molecule has 1 amide bonds. The van der Waals surface area contributed by atoms with Gasteiger partial charge in [-0.3, -0.25) is 9.69 Å². The number of amides is 1. The molecule has 0 atom stereocenters. The van der Waals surface area contributed by atoms with E-state index in [0.29, 0.717) is 18.1 Å². The van der Waals surface area contributed by atoms with Crippen molar-refractivity contribution in [2.75, 3.05) is 58.3 Å². The largest absolute Gasteiger partial charge is 0.455 e. The third-order valence-corrected chi connectivity index (χ3v) is 6.71. The van der Waals surface area contributed by atoms with Gasteiger partial charge in [-0.25, -0.2) is 9.97 Å². The van der Waals surface area contributed by atoms with Crippen molar-refractivity contribution in [2.45, 2.75) is 24.4 Å². The van der Waals surface area contributed by atoms with E-state index in [9.17, 15) is 4.79 Å². The van der Waals surface area contributed by atoms with Crippen LogP contribution in [0.15, 0.2) is 58.1 Å². The summed E-state index contributed by atoms with van der Waals surface area (Å²) in [5.41, 5.74) is 2.30. The fourth-order valence-electron chi connectivity index (χ4n) is 3.92. The van der Waals surface area contributed by atoms with Crippen molar-refractivity contribution in [3.05, 3.63) is 71.3 Å². The van der Waals surface area contributed by atoms with Crippen molar-refractivity contribution in [3.63, 3.8) is 0 Å². The molecule has 1 saturated heterocycles. The Balaban J connectivity index is 1.29. The average Bonchev–Trinajstić information content (AvgIpc) is 3.33. The lowest BCUT2D eigenvalue weighted by Crippen LogP contribution is -2.46. The summed E-state index contributed by atoms with van der Waals surface area (Å²) < 4.78 is 5.74. The Morgan fingerprint density at radius 1 is 1.09 bits per heavy atom. The van der Waals surface area contributed by atoms with Gasteiger partial charge in [0.05, 0.1) is 5.75 Å². The molecular formula is C26H34N6O2S. The van der Waals surface area contributed by atoms with Gasteiger partial charge in [0.2, 0.25) is 0 Å². The van der Waals surface area contributed by atoms with Crippen LogP contribution >= 0.6 is 11.8 Å². The molecule has 1 aliphatic heterocycles. The molecule has 0 aliphatic carbocycles. The summed E-state index contributed by atoms with van der Waals surface area (Å²) in [6.07, 6.45) is 0. The number of furan rings is 1. The Kier molecular flexibility index (Phi) is 8.79. The van der Waals surface area contributed by atoms with Crippen molar-refractivity contribution < 1.29 is 9.21 Å². The summed E-state index contributed by atoms with van der Waals surface area (Å²) in [6, 6.07) is 16.2. The van der Waals surface area contributed by atoms with E-state index in [2.05, 4.69) is 56.5 Å². The number of aryl methyl sites for hydroxylation is 1. The van der Waals surface area contributed by atoms with Gasteiger partial charge >= 0.3 is 0 Å². The van der Waals surface area contributed by atoms with Crippen LogP contribution in [0.5, 0.6) is 0 Å². The highest BCUT2D eigenvalue weighted by Crippen LogP contribution is 2.24. The number of nitrogens with zero attached hydrogens (tertiary/aromatic N) is 5. The van der Waals surface area contributed by atoms with Crippen LogP contribution in [0, 0.1) is 6.92 Å². The second-order valence-electron chi connectivity index (χ2n) is 9.01. The second kappa shape index (κ2) is 12.2. The standard InChI is InChI=1S/C26H34N6O2S/c1-20-17-24(32-15-13-31(14-16-32)18-21-7-5-4-6-8-21)29-26(28-20)35-19-22-9-10-23(34-22)25(33)27-11-12-30(2)3/h4-10,17H,11-16,18-19H2,1-3H3,(H,27,33). The van der Waals surface area contributed by atoms with Crippen molar-refractivity contribution in [1.29, 1.82) is 0 Å². The van der Waals surface area contributed by atoms with E-state index in [0.717, 1.165) is 61.7 Å². The van der Waals surface area contributed by atoms with E-state index >= 15 is 0 Å². The zero-order valence-corrected chi connectivity index (χ0v) is 21.6. The molecule has 9 heteroatoms. The van der Waals surface area contributed by atoms with Crippen LogP contribution in [0.25, 0.3) is 0 Å². The Morgan fingerprint density at radius 2 is 1.86 bits per heavy atom. The molecule has 186 valence electrons. The van der Waals surface area contributed by atoms with E-state index in [1.165, 1.54) is 17.3 Å². The van der Waals surface area contributed by atoms with E-state index < -0.39 is 0 Å². The quantitative estimate of drug-likeness (QED) is 0.340. The van der Waals surface area contributed by atoms with Gasteiger partial charge in [-0.2, -0.15) is 0 Å². The monoisotopic (exact) mass is 494 g/mol. The minimum atomic E-state index is -0.191. The summed E-state index contributed by atoms with van der Waals surface area (Å²) in [5.74, 6) is 2.41. The number of rotatable bonds is 10. The molecule has 0 spiro atoms. The first-order valence-electron chi connectivity index (χ1n) is 12.0. The van der Waals surface area contributed by atoms with Gasteiger partial charge in [0.1, 0.15) is 11.6 Å². The molecule has 0 unspecified atom stereocenters. The number of hydrogen-bond acceptors (Lipinski definition) is 8. The van der Waals surface area contributed by atoms with Crippen molar-refractivity contribution in [2.24, 2.45) is 0 Å². The second-order valence-corrected chi connectivity index (χ2v) is 9.96. The summed E-state index contributed by atoms with van der Waals surface area (Å²) in [7, 11) is 3.94. The van der Waals surface area contributed by atoms with Gasteiger partial charge in [-0.15, -0.1) is 0 Å². The summed E-state index contributed by atoms with van der Waals surface area (Å²) in [6.45, 7) is 8.25. The summed E-state index contributed by atoms with van der Waals surface area (Å²) >= 11 is 1.52. The normalized spacial score (nSPS) is 14.5. The predicted molar refractivity (Wildman–Crippen MR) is 140 cm³/mol. The molecule has 1 aliphatic rings. The fourth-order valence-corrected chi connectivity index (χ4v) is 4.71. The average molecular weight is 495 g/mol. The molecule has 35 heavy (non-hydrogen) atoms. The molecule has 8 nitrogen and oxygen atoms in total. The van der Waals surface area contributed by atoms with E-state index in [1.807, 2.05) is 32.0 Å². The Bertz CT molecular complexity index is 1100. The van der Waals surface area contributed by atoms with Crippen LogP contribution in [-0.4, -0.2) is 79.0 Å². The smallest absolute Gasteiger partial charge is 0.287 e. The lowest BCUT2D eigenvalue weighted by atomic mass is 10.2. The molecule has 0 saturated carbocycles. The molecule has 3 heterocycles. The molecule has 1 N–H and O–H groups in total.